The first-order valence-corrected chi connectivity index (χ1v) is 7.40. The Balaban J connectivity index is 0.000000354. The van der Waals surface area contributed by atoms with Gasteiger partial charge in [0.2, 0.25) is 0 Å². The van der Waals surface area contributed by atoms with E-state index in [9.17, 15) is 0 Å². The number of nitrogens with zero attached hydrogens (tertiary/aromatic N) is 2. The number of carbonyl (C=O) groups excluding carboxylic acids is 1. The number of carbonyl (C=O) groups is 1. The summed E-state index contributed by atoms with van der Waals surface area (Å²) in [7, 11) is 0. The van der Waals surface area contributed by atoms with Crippen molar-refractivity contribution in [3.63, 3.8) is 0 Å². The molecule has 0 unspecified atom stereocenters. The third-order valence-electron chi connectivity index (χ3n) is 3.79. The molecule has 23 heavy (non-hydrogen) atoms. The van der Waals surface area contributed by atoms with Crippen LogP contribution in [0.5, 0.6) is 0 Å². The summed E-state index contributed by atoms with van der Waals surface area (Å²) < 4.78 is 2.33. The van der Waals surface area contributed by atoms with Crippen molar-refractivity contribution in [3.05, 3.63) is 71.7 Å². The van der Waals surface area contributed by atoms with Crippen LogP contribution in [0.3, 0.4) is 0 Å². The van der Waals surface area contributed by atoms with Crippen molar-refractivity contribution in [2.75, 3.05) is 0 Å². The largest absolute Gasteiger partial charge is 0.550 e. The standard InChI is InChI=1S/C16H14N3.C2H4O2/c1-2-5-13-11-19-9-3-6-14(15-7-8-17-18-15)16(19)10-12(13)4-1;1-2(3)4/h1-9H,10-11H2,(H,17,18);1H3,(H,3,4)/q+1;/p-1. The van der Waals surface area contributed by atoms with Gasteiger partial charge in [-0.3, -0.25) is 5.10 Å². The second kappa shape index (κ2) is 6.44. The molecule has 5 heteroatoms. The molecule has 1 aromatic carbocycles. The molecule has 0 atom stereocenters. The minimum atomic E-state index is -1.08. The van der Waals surface area contributed by atoms with E-state index < -0.39 is 5.97 Å². The molecule has 3 heterocycles. The topological polar surface area (TPSA) is 72.7 Å². The Morgan fingerprint density at radius 1 is 1.17 bits per heavy atom. The minimum Gasteiger partial charge on any atom is -0.550 e. The predicted molar refractivity (Wildman–Crippen MR) is 83.2 cm³/mol. The number of carboxylic acid groups (broad SMARTS) is 1. The number of hydrogen-bond donors (Lipinski definition) is 1. The van der Waals surface area contributed by atoms with E-state index in [1.807, 2.05) is 6.07 Å². The highest BCUT2D eigenvalue weighted by molar-refractivity contribution is 5.61. The van der Waals surface area contributed by atoms with Gasteiger partial charge in [-0.2, -0.15) is 9.67 Å². The summed E-state index contributed by atoms with van der Waals surface area (Å²) >= 11 is 0. The highest BCUT2D eigenvalue weighted by atomic mass is 16.4. The average Bonchev–Trinajstić information content (AvgIpc) is 3.06. The van der Waals surface area contributed by atoms with Gasteiger partial charge in [-0.1, -0.05) is 24.3 Å². The molecule has 0 fully saturated rings. The third-order valence-corrected chi connectivity index (χ3v) is 3.79. The number of hydrogen-bond acceptors (Lipinski definition) is 3. The first-order chi connectivity index (χ1) is 11.1. The Hall–Kier alpha value is -2.95. The predicted octanol–water partition coefficient (Wildman–Crippen LogP) is 1.07. The molecule has 0 saturated heterocycles. The molecule has 5 nitrogen and oxygen atoms in total. The van der Waals surface area contributed by atoms with Crippen LogP contribution in [0.1, 0.15) is 23.7 Å². The van der Waals surface area contributed by atoms with Crippen LogP contribution in [0.4, 0.5) is 0 Å². The number of H-pyrrole nitrogens is 1. The van der Waals surface area contributed by atoms with Crippen molar-refractivity contribution in [2.45, 2.75) is 19.9 Å². The summed E-state index contributed by atoms with van der Waals surface area (Å²) in [5.74, 6) is -1.08. The third kappa shape index (κ3) is 3.29. The fourth-order valence-corrected chi connectivity index (χ4v) is 2.83. The SMILES string of the molecule is CC(=O)[O-].c1ccc2c(c1)Cc1c(-c3ccn[nH]3)ccc[n+]1C2. The Morgan fingerprint density at radius 3 is 2.61 bits per heavy atom. The van der Waals surface area contributed by atoms with Gasteiger partial charge in [-0.15, -0.1) is 0 Å². The molecule has 0 bridgehead atoms. The van der Waals surface area contributed by atoms with Gasteiger partial charge in [0.15, 0.2) is 18.4 Å². The van der Waals surface area contributed by atoms with Crippen LogP contribution in [-0.2, 0) is 17.8 Å². The van der Waals surface area contributed by atoms with Crippen molar-refractivity contribution in [2.24, 2.45) is 0 Å². The number of benzene rings is 1. The maximum Gasteiger partial charge on any atom is 0.195 e. The van der Waals surface area contributed by atoms with Gasteiger partial charge < -0.3 is 9.90 Å². The number of aromatic nitrogens is 3. The van der Waals surface area contributed by atoms with Gasteiger partial charge in [0, 0.05) is 23.8 Å². The quantitative estimate of drug-likeness (QED) is 0.535. The molecule has 2 aromatic heterocycles. The van der Waals surface area contributed by atoms with E-state index in [0.717, 1.165) is 25.6 Å². The summed E-state index contributed by atoms with van der Waals surface area (Å²) in [6.45, 7) is 1.92. The van der Waals surface area contributed by atoms with Crippen molar-refractivity contribution in [1.82, 2.24) is 10.2 Å². The first-order valence-electron chi connectivity index (χ1n) is 7.40. The zero-order valence-electron chi connectivity index (χ0n) is 12.8. The van der Waals surface area contributed by atoms with Crippen LogP contribution in [-0.4, -0.2) is 16.2 Å². The molecule has 0 spiro atoms. The van der Waals surface area contributed by atoms with E-state index in [0.29, 0.717) is 0 Å². The number of aromatic amines is 1. The number of fused-ring (bicyclic) bond motifs is 2. The van der Waals surface area contributed by atoms with Crippen LogP contribution >= 0.6 is 0 Å². The number of rotatable bonds is 1. The zero-order valence-corrected chi connectivity index (χ0v) is 12.8. The molecule has 0 saturated carbocycles. The van der Waals surface area contributed by atoms with E-state index in [-0.39, 0.29) is 0 Å². The molecule has 0 aliphatic carbocycles. The first kappa shape index (κ1) is 15.0. The van der Waals surface area contributed by atoms with Crippen LogP contribution in [0.25, 0.3) is 11.3 Å². The maximum absolute atomic E-state index is 8.89. The molecule has 1 aliphatic heterocycles. The summed E-state index contributed by atoms with van der Waals surface area (Å²) in [6.07, 6.45) is 4.94. The van der Waals surface area contributed by atoms with E-state index in [1.165, 1.54) is 22.4 Å². The molecule has 1 aliphatic rings. The van der Waals surface area contributed by atoms with Crippen LogP contribution in [0, 0.1) is 0 Å². The van der Waals surface area contributed by atoms with Crippen LogP contribution in [0.15, 0.2) is 54.9 Å². The van der Waals surface area contributed by atoms with Gasteiger partial charge in [-0.25, -0.2) is 0 Å². The molecule has 0 amide bonds. The molecule has 0 radical (unpaired) electrons. The lowest BCUT2D eigenvalue weighted by Crippen LogP contribution is -2.42. The van der Waals surface area contributed by atoms with E-state index >= 15 is 0 Å². The Bertz CT molecular complexity index is 822. The van der Waals surface area contributed by atoms with E-state index in [4.69, 9.17) is 9.90 Å². The zero-order chi connectivity index (χ0) is 16.2. The van der Waals surface area contributed by atoms with E-state index in [2.05, 4.69) is 57.4 Å². The summed E-state index contributed by atoms with van der Waals surface area (Å²) in [5, 5.41) is 16.0. The monoisotopic (exact) mass is 307 g/mol. The van der Waals surface area contributed by atoms with E-state index in [1.54, 1.807) is 6.20 Å². The Morgan fingerprint density at radius 2 is 1.91 bits per heavy atom. The lowest BCUT2D eigenvalue weighted by Gasteiger charge is -2.16. The average molecular weight is 307 g/mol. The number of aliphatic carboxylic acids is 1. The highest BCUT2D eigenvalue weighted by Gasteiger charge is 2.24. The number of carboxylic acids is 1. The van der Waals surface area contributed by atoms with Crippen molar-refractivity contribution < 1.29 is 14.5 Å². The fraction of sp³-hybridized carbons (Fsp3) is 0.167. The highest BCUT2D eigenvalue weighted by Crippen LogP contribution is 2.25. The van der Waals surface area contributed by atoms with Gasteiger partial charge in [0.25, 0.3) is 0 Å². The van der Waals surface area contributed by atoms with Crippen LogP contribution < -0.4 is 9.67 Å². The van der Waals surface area contributed by atoms with Crippen molar-refractivity contribution >= 4 is 5.97 Å². The Kier molecular flexibility index (Phi) is 4.19. The molecule has 4 rings (SSSR count). The van der Waals surface area contributed by atoms with Gasteiger partial charge in [0.1, 0.15) is 0 Å². The molecule has 1 N–H and O–H groups in total. The van der Waals surface area contributed by atoms with Gasteiger partial charge in [0.05, 0.1) is 17.7 Å². The smallest absolute Gasteiger partial charge is 0.195 e. The summed E-state index contributed by atoms with van der Waals surface area (Å²) in [5.41, 5.74) is 6.53. The number of pyridine rings is 1. The molecular formula is C18H17N3O2. The Labute approximate surface area is 134 Å². The minimum absolute atomic E-state index is 0.952. The second-order valence-electron chi connectivity index (χ2n) is 5.40. The summed E-state index contributed by atoms with van der Waals surface area (Å²) in [4.78, 5) is 8.89. The van der Waals surface area contributed by atoms with Crippen molar-refractivity contribution in [3.8, 4) is 11.3 Å². The van der Waals surface area contributed by atoms with Crippen molar-refractivity contribution in [1.29, 1.82) is 0 Å². The van der Waals surface area contributed by atoms with Gasteiger partial charge in [-0.05, 0) is 24.6 Å². The maximum atomic E-state index is 8.89. The summed E-state index contributed by atoms with van der Waals surface area (Å²) in [6, 6.07) is 15.0. The lowest BCUT2D eigenvalue weighted by molar-refractivity contribution is -0.697. The normalized spacial score (nSPS) is 11.7. The van der Waals surface area contributed by atoms with Gasteiger partial charge >= 0.3 is 0 Å². The molecular weight excluding hydrogens is 290 g/mol. The number of nitrogens with one attached hydrogen (secondary N) is 1. The molecule has 3 aromatic rings. The molecule has 116 valence electrons. The fourth-order valence-electron chi connectivity index (χ4n) is 2.83. The lowest BCUT2D eigenvalue weighted by atomic mass is 9.95. The van der Waals surface area contributed by atoms with Crippen LogP contribution in [0.2, 0.25) is 0 Å². The second-order valence-corrected chi connectivity index (χ2v) is 5.40.